The SMILES string of the molecule is CCCCCCCCCCN(CCCCCCCCCC)C(=O)S.NC(=O)S.[H-].[Na+]. The molecule has 2 N–H and O–H groups in total. The van der Waals surface area contributed by atoms with Crippen molar-refractivity contribution in [2.45, 2.75) is 117 Å². The summed E-state index contributed by atoms with van der Waals surface area (Å²) in [6, 6.07) is 0. The fourth-order valence-electron chi connectivity index (χ4n) is 3.18. The van der Waals surface area contributed by atoms with E-state index >= 15 is 0 Å². The standard InChI is InChI=1S/C21H43NOS.CH3NOS.Na.H/c1-3-5-7-9-11-13-15-17-19-22(21(23)24)20-18-16-14-12-10-8-6-4-2;2-1(3)4;;/h3-20H2,1-2H3,(H,23,24);(H3,2,3,4);;/q;;+1;-1. The molecule has 0 saturated heterocycles. The Labute approximate surface area is 215 Å². The van der Waals surface area contributed by atoms with Crippen LogP contribution in [0.4, 0.5) is 9.59 Å². The quantitative estimate of drug-likeness (QED) is 0.158. The zero-order chi connectivity index (χ0) is 21.5. The monoisotopic (exact) mass is 458 g/mol. The van der Waals surface area contributed by atoms with Crippen LogP contribution >= 0.6 is 25.3 Å². The average molecular weight is 459 g/mol. The van der Waals surface area contributed by atoms with Gasteiger partial charge in [-0.15, -0.1) is 0 Å². The number of thiol groups is 2. The van der Waals surface area contributed by atoms with E-state index in [1.54, 1.807) is 0 Å². The molecule has 0 radical (unpaired) electrons. The van der Waals surface area contributed by atoms with Crippen LogP contribution in [0.1, 0.15) is 118 Å². The predicted octanol–water partition coefficient (Wildman–Crippen LogP) is 4.73. The fourth-order valence-corrected chi connectivity index (χ4v) is 3.38. The molecule has 4 nitrogen and oxygen atoms in total. The van der Waals surface area contributed by atoms with Crippen LogP contribution in [0.5, 0.6) is 0 Å². The van der Waals surface area contributed by atoms with Crippen LogP contribution in [0.3, 0.4) is 0 Å². The van der Waals surface area contributed by atoms with Crippen LogP contribution < -0.4 is 35.3 Å². The largest absolute Gasteiger partial charge is 1.00 e. The van der Waals surface area contributed by atoms with Crippen LogP contribution in [-0.2, 0) is 0 Å². The van der Waals surface area contributed by atoms with Gasteiger partial charge < -0.3 is 12.1 Å². The molecule has 170 valence electrons. The van der Waals surface area contributed by atoms with Gasteiger partial charge >= 0.3 is 29.6 Å². The van der Waals surface area contributed by atoms with Gasteiger partial charge in [0.1, 0.15) is 0 Å². The number of unbranched alkanes of at least 4 members (excludes halogenated alkanes) is 14. The maximum atomic E-state index is 11.6. The van der Waals surface area contributed by atoms with Crippen LogP contribution in [-0.4, -0.2) is 28.5 Å². The van der Waals surface area contributed by atoms with Gasteiger partial charge in [-0.1, -0.05) is 129 Å². The topological polar surface area (TPSA) is 63.4 Å². The maximum absolute atomic E-state index is 11.6. The minimum atomic E-state index is -0.639. The first-order valence-corrected chi connectivity index (χ1v) is 12.3. The van der Waals surface area contributed by atoms with E-state index in [1.807, 2.05) is 4.90 Å². The van der Waals surface area contributed by atoms with Crippen molar-refractivity contribution in [3.8, 4) is 0 Å². The summed E-state index contributed by atoms with van der Waals surface area (Å²) in [7, 11) is 0. The van der Waals surface area contributed by atoms with E-state index in [-0.39, 0.29) is 36.2 Å². The Morgan fingerprint density at radius 2 is 0.897 bits per heavy atom. The third-order valence-corrected chi connectivity index (χ3v) is 5.12. The number of hydrogen-bond acceptors (Lipinski definition) is 2. The predicted molar refractivity (Wildman–Crippen MR) is 131 cm³/mol. The van der Waals surface area contributed by atoms with Crippen molar-refractivity contribution in [1.29, 1.82) is 0 Å². The Hall–Kier alpha value is 0.640. The first-order valence-electron chi connectivity index (χ1n) is 11.4. The van der Waals surface area contributed by atoms with E-state index < -0.39 is 5.24 Å². The molecule has 0 aliphatic rings. The molecule has 0 atom stereocenters. The average Bonchev–Trinajstić information content (AvgIpc) is 2.63. The molecule has 0 heterocycles. The Balaban J connectivity index is -0.000000513. The van der Waals surface area contributed by atoms with Crippen LogP contribution in [0, 0.1) is 0 Å². The molecule has 2 amide bonds. The molecule has 0 aromatic rings. The fraction of sp³-hybridized carbons (Fsp3) is 0.909. The van der Waals surface area contributed by atoms with Gasteiger partial charge in [-0.05, 0) is 12.8 Å². The van der Waals surface area contributed by atoms with Crippen LogP contribution in [0.25, 0.3) is 0 Å². The molecular formula is C22H47N2NaO2S2. The summed E-state index contributed by atoms with van der Waals surface area (Å²) in [5, 5.41) is -0.680. The molecular weight excluding hydrogens is 411 g/mol. The minimum absolute atomic E-state index is 0. The Morgan fingerprint density at radius 3 is 1.14 bits per heavy atom. The van der Waals surface area contributed by atoms with Crippen molar-refractivity contribution in [3.63, 3.8) is 0 Å². The van der Waals surface area contributed by atoms with Gasteiger partial charge in [-0.25, -0.2) is 0 Å². The molecule has 0 unspecified atom stereocenters. The van der Waals surface area contributed by atoms with Crippen molar-refractivity contribution in [2.75, 3.05) is 13.1 Å². The first-order chi connectivity index (χ1) is 13.5. The summed E-state index contributed by atoms with van der Waals surface area (Å²) in [4.78, 5) is 22.6. The van der Waals surface area contributed by atoms with Crippen molar-refractivity contribution < 1.29 is 40.6 Å². The number of hydrogen-bond donors (Lipinski definition) is 3. The smallest absolute Gasteiger partial charge is 1.00 e. The molecule has 0 aromatic carbocycles. The van der Waals surface area contributed by atoms with E-state index in [2.05, 4.69) is 44.8 Å². The summed E-state index contributed by atoms with van der Waals surface area (Å²) >= 11 is 7.15. The normalized spacial score (nSPS) is 9.93. The Morgan fingerprint density at radius 1 is 0.655 bits per heavy atom. The molecule has 0 aliphatic heterocycles. The minimum Gasteiger partial charge on any atom is -1.00 e. The van der Waals surface area contributed by atoms with Gasteiger partial charge in [-0.2, -0.15) is 0 Å². The summed E-state index contributed by atoms with van der Waals surface area (Å²) in [5.74, 6) is 0. The number of nitrogens with two attached hydrogens (primary N) is 1. The number of nitrogens with zero attached hydrogens (tertiary/aromatic N) is 1. The Bertz CT molecular complexity index is 344. The van der Waals surface area contributed by atoms with Crippen molar-refractivity contribution in [2.24, 2.45) is 5.73 Å². The number of amides is 2. The van der Waals surface area contributed by atoms with Crippen molar-refractivity contribution in [3.05, 3.63) is 0 Å². The molecule has 0 rings (SSSR count). The number of carbonyl (C=O) groups excluding carboxylic acids is 2. The van der Waals surface area contributed by atoms with Gasteiger partial charge in [0.25, 0.3) is 10.5 Å². The van der Waals surface area contributed by atoms with Gasteiger partial charge in [0.05, 0.1) is 0 Å². The molecule has 0 spiro atoms. The Kier molecular flexibility index (Phi) is 33.8. The third-order valence-electron chi connectivity index (χ3n) is 4.83. The molecule has 0 saturated carbocycles. The zero-order valence-electron chi connectivity index (χ0n) is 20.5. The van der Waals surface area contributed by atoms with Crippen LogP contribution in [0.15, 0.2) is 0 Å². The summed E-state index contributed by atoms with van der Waals surface area (Å²) in [6.07, 6.45) is 21.0. The second-order valence-electron chi connectivity index (χ2n) is 7.56. The molecule has 0 aliphatic carbocycles. The van der Waals surface area contributed by atoms with E-state index in [4.69, 9.17) is 4.79 Å². The number of primary amides is 1. The van der Waals surface area contributed by atoms with Gasteiger partial charge in [0.15, 0.2) is 0 Å². The van der Waals surface area contributed by atoms with E-state index in [9.17, 15) is 4.79 Å². The molecule has 29 heavy (non-hydrogen) atoms. The zero-order valence-corrected chi connectivity index (χ0v) is 23.3. The first kappa shape index (κ1) is 34.3. The number of rotatable bonds is 18. The van der Waals surface area contributed by atoms with Gasteiger partial charge in [0, 0.05) is 13.1 Å². The van der Waals surface area contributed by atoms with Crippen molar-refractivity contribution >= 4 is 35.7 Å². The maximum Gasteiger partial charge on any atom is 1.00 e. The van der Waals surface area contributed by atoms with E-state index in [0.29, 0.717) is 0 Å². The van der Waals surface area contributed by atoms with E-state index in [1.165, 1.54) is 89.9 Å². The summed E-state index contributed by atoms with van der Waals surface area (Å²) in [6.45, 7) is 6.31. The second kappa shape index (κ2) is 28.6. The number of carbonyl (C=O) groups is 2. The van der Waals surface area contributed by atoms with Crippen LogP contribution in [0.2, 0.25) is 0 Å². The molecule has 0 aromatic heterocycles. The molecule has 7 heteroatoms. The summed E-state index contributed by atoms with van der Waals surface area (Å²) in [5.41, 5.74) is 4.34. The van der Waals surface area contributed by atoms with Crippen molar-refractivity contribution in [1.82, 2.24) is 4.90 Å². The van der Waals surface area contributed by atoms with E-state index in [0.717, 1.165) is 25.9 Å². The summed E-state index contributed by atoms with van der Waals surface area (Å²) < 4.78 is 0. The molecule has 0 fully saturated rings. The van der Waals surface area contributed by atoms with Gasteiger partial charge in [0.2, 0.25) is 0 Å². The second-order valence-corrected chi connectivity index (χ2v) is 8.38. The molecule has 0 bridgehead atoms. The third kappa shape index (κ3) is 33.5. The van der Waals surface area contributed by atoms with Gasteiger partial charge in [-0.3, -0.25) is 9.59 Å².